The number of esters is 1. The fourth-order valence-electron chi connectivity index (χ4n) is 4.25. The van der Waals surface area contributed by atoms with Gasteiger partial charge < -0.3 is 9.47 Å². The van der Waals surface area contributed by atoms with Crippen LogP contribution in [-0.2, 0) is 14.3 Å². The van der Waals surface area contributed by atoms with E-state index >= 15 is 0 Å². The highest BCUT2D eigenvalue weighted by Crippen LogP contribution is 2.58. The maximum Gasteiger partial charge on any atom is 0.333 e. The Morgan fingerprint density at radius 2 is 2.00 bits per heavy atom. The number of epoxide rings is 1. The summed E-state index contributed by atoms with van der Waals surface area (Å²) in [4.78, 5) is 12.3. The SMILES string of the molecule is CCCOC(=O)/C(C)=C(/C1CCCC1)C12CCCC1O2. The largest absolute Gasteiger partial charge is 0.462 e. The highest BCUT2D eigenvalue weighted by Gasteiger charge is 2.63. The van der Waals surface area contributed by atoms with Crippen LogP contribution in [0.5, 0.6) is 0 Å². The second-order valence-corrected chi connectivity index (χ2v) is 6.54. The van der Waals surface area contributed by atoms with Crippen molar-refractivity contribution in [2.24, 2.45) is 5.92 Å². The molecule has 3 nitrogen and oxygen atoms in total. The molecule has 20 heavy (non-hydrogen) atoms. The standard InChI is InChI=1S/C17H26O3/c1-3-11-19-16(18)12(2)15(13-7-4-5-8-13)17-10-6-9-14(17)20-17/h13-14H,3-11H2,1-2H3/b15-12-. The highest BCUT2D eigenvalue weighted by atomic mass is 16.6. The average Bonchev–Trinajstić information content (AvgIpc) is 2.87. The number of ether oxygens (including phenoxy) is 2. The lowest BCUT2D eigenvalue weighted by Gasteiger charge is -2.23. The van der Waals surface area contributed by atoms with Crippen LogP contribution in [0.4, 0.5) is 0 Å². The van der Waals surface area contributed by atoms with E-state index in [-0.39, 0.29) is 11.6 Å². The smallest absolute Gasteiger partial charge is 0.333 e. The van der Waals surface area contributed by atoms with Crippen LogP contribution in [0.2, 0.25) is 0 Å². The number of fused-ring (bicyclic) bond motifs is 1. The van der Waals surface area contributed by atoms with Crippen LogP contribution in [0.3, 0.4) is 0 Å². The normalized spacial score (nSPS) is 33.8. The zero-order valence-electron chi connectivity index (χ0n) is 12.7. The monoisotopic (exact) mass is 278 g/mol. The molecule has 0 amide bonds. The number of hydrogen-bond donors (Lipinski definition) is 0. The van der Waals surface area contributed by atoms with E-state index in [1.807, 2.05) is 13.8 Å². The summed E-state index contributed by atoms with van der Waals surface area (Å²) in [6.45, 7) is 4.50. The third-order valence-corrected chi connectivity index (χ3v) is 5.20. The molecule has 3 heteroatoms. The van der Waals surface area contributed by atoms with E-state index in [1.165, 1.54) is 37.7 Å². The number of rotatable bonds is 5. The molecule has 3 aliphatic rings. The topological polar surface area (TPSA) is 38.8 Å². The first-order chi connectivity index (χ1) is 9.69. The number of carbonyl (C=O) groups excluding carboxylic acids is 1. The Morgan fingerprint density at radius 3 is 2.55 bits per heavy atom. The first kappa shape index (κ1) is 14.1. The lowest BCUT2D eigenvalue weighted by atomic mass is 9.81. The van der Waals surface area contributed by atoms with Gasteiger partial charge in [0.2, 0.25) is 0 Å². The minimum atomic E-state index is -0.121. The van der Waals surface area contributed by atoms with Crippen molar-refractivity contribution in [3.8, 4) is 0 Å². The van der Waals surface area contributed by atoms with Gasteiger partial charge in [-0.15, -0.1) is 0 Å². The molecule has 2 saturated carbocycles. The summed E-state index contributed by atoms with van der Waals surface area (Å²) in [6, 6.07) is 0. The van der Waals surface area contributed by atoms with Crippen molar-refractivity contribution in [1.82, 2.24) is 0 Å². The number of hydrogen-bond acceptors (Lipinski definition) is 3. The number of carbonyl (C=O) groups is 1. The second-order valence-electron chi connectivity index (χ2n) is 6.54. The van der Waals surface area contributed by atoms with Crippen LogP contribution in [0, 0.1) is 5.92 Å². The van der Waals surface area contributed by atoms with E-state index in [1.54, 1.807) is 0 Å². The first-order valence-corrected chi connectivity index (χ1v) is 8.25. The van der Waals surface area contributed by atoms with Gasteiger partial charge in [0.15, 0.2) is 0 Å². The fourth-order valence-corrected chi connectivity index (χ4v) is 4.25. The van der Waals surface area contributed by atoms with Gasteiger partial charge in [-0.2, -0.15) is 0 Å². The van der Waals surface area contributed by atoms with E-state index in [0.29, 0.717) is 18.6 Å². The molecule has 0 radical (unpaired) electrons. The van der Waals surface area contributed by atoms with E-state index < -0.39 is 0 Å². The lowest BCUT2D eigenvalue weighted by molar-refractivity contribution is -0.139. The Bertz CT molecular complexity index is 420. The maximum absolute atomic E-state index is 12.3. The molecule has 0 aromatic carbocycles. The Morgan fingerprint density at radius 1 is 1.25 bits per heavy atom. The van der Waals surface area contributed by atoms with Crippen molar-refractivity contribution in [1.29, 1.82) is 0 Å². The quantitative estimate of drug-likeness (QED) is 0.436. The van der Waals surface area contributed by atoms with Crippen molar-refractivity contribution in [2.75, 3.05) is 6.61 Å². The van der Waals surface area contributed by atoms with Gasteiger partial charge in [0.05, 0.1) is 12.7 Å². The van der Waals surface area contributed by atoms with Crippen LogP contribution in [0.15, 0.2) is 11.1 Å². The Kier molecular flexibility index (Phi) is 3.89. The van der Waals surface area contributed by atoms with Crippen molar-refractivity contribution in [3.63, 3.8) is 0 Å². The van der Waals surface area contributed by atoms with Crippen LogP contribution in [-0.4, -0.2) is 24.3 Å². The molecule has 0 spiro atoms. The Labute approximate surface area is 121 Å². The van der Waals surface area contributed by atoms with E-state index in [2.05, 4.69) is 0 Å². The van der Waals surface area contributed by atoms with Crippen LogP contribution in [0.25, 0.3) is 0 Å². The predicted molar refractivity (Wildman–Crippen MR) is 77.4 cm³/mol. The minimum absolute atomic E-state index is 0.0790. The first-order valence-electron chi connectivity index (χ1n) is 8.25. The molecule has 0 bridgehead atoms. The average molecular weight is 278 g/mol. The van der Waals surface area contributed by atoms with Crippen molar-refractivity contribution < 1.29 is 14.3 Å². The second kappa shape index (κ2) is 5.51. The molecule has 1 heterocycles. The van der Waals surface area contributed by atoms with Crippen LogP contribution < -0.4 is 0 Å². The third-order valence-electron chi connectivity index (χ3n) is 5.20. The summed E-state index contributed by atoms with van der Waals surface area (Å²) >= 11 is 0. The van der Waals surface area contributed by atoms with E-state index in [9.17, 15) is 4.79 Å². The molecular weight excluding hydrogens is 252 g/mol. The molecule has 0 N–H and O–H groups in total. The van der Waals surface area contributed by atoms with Gasteiger partial charge in [-0.05, 0) is 56.9 Å². The van der Waals surface area contributed by atoms with Gasteiger partial charge in [0, 0.05) is 5.57 Å². The zero-order valence-corrected chi connectivity index (χ0v) is 12.7. The molecule has 2 aliphatic carbocycles. The van der Waals surface area contributed by atoms with Gasteiger partial charge >= 0.3 is 5.97 Å². The predicted octanol–water partition coefficient (Wildman–Crippen LogP) is 3.77. The zero-order chi connectivity index (χ0) is 14.2. The molecule has 3 rings (SSSR count). The van der Waals surface area contributed by atoms with E-state index in [0.717, 1.165) is 24.8 Å². The summed E-state index contributed by atoms with van der Waals surface area (Å²) < 4.78 is 11.4. The maximum atomic E-state index is 12.3. The van der Waals surface area contributed by atoms with Crippen LogP contribution >= 0.6 is 0 Å². The lowest BCUT2D eigenvalue weighted by Crippen LogP contribution is -2.24. The van der Waals surface area contributed by atoms with Gasteiger partial charge in [0.1, 0.15) is 5.60 Å². The molecule has 0 aromatic rings. The molecule has 0 aromatic heterocycles. The third kappa shape index (κ3) is 2.30. The summed E-state index contributed by atoms with van der Waals surface area (Å²) in [5, 5.41) is 0. The van der Waals surface area contributed by atoms with E-state index in [4.69, 9.17) is 9.47 Å². The summed E-state index contributed by atoms with van der Waals surface area (Å²) in [5.74, 6) is 0.427. The Balaban J connectivity index is 1.86. The van der Waals surface area contributed by atoms with Crippen molar-refractivity contribution >= 4 is 5.97 Å². The van der Waals surface area contributed by atoms with Crippen molar-refractivity contribution in [2.45, 2.75) is 76.9 Å². The van der Waals surface area contributed by atoms with Gasteiger partial charge in [0.25, 0.3) is 0 Å². The molecule has 2 unspecified atom stereocenters. The summed E-state index contributed by atoms with van der Waals surface area (Å²) in [6.07, 6.45) is 9.75. The Hall–Kier alpha value is -0.830. The molecule has 2 atom stereocenters. The molecule has 3 fully saturated rings. The molecular formula is C17H26O3. The molecule has 112 valence electrons. The highest BCUT2D eigenvalue weighted by molar-refractivity contribution is 5.89. The molecule has 1 aliphatic heterocycles. The van der Waals surface area contributed by atoms with Gasteiger partial charge in [-0.1, -0.05) is 19.8 Å². The van der Waals surface area contributed by atoms with Crippen LogP contribution in [0.1, 0.15) is 65.2 Å². The summed E-state index contributed by atoms with van der Waals surface area (Å²) in [5.41, 5.74) is 2.07. The van der Waals surface area contributed by atoms with Crippen molar-refractivity contribution in [3.05, 3.63) is 11.1 Å². The van der Waals surface area contributed by atoms with Gasteiger partial charge in [-0.25, -0.2) is 4.79 Å². The fraction of sp³-hybridized carbons (Fsp3) is 0.824. The summed E-state index contributed by atoms with van der Waals surface area (Å²) in [7, 11) is 0. The molecule has 1 saturated heterocycles. The van der Waals surface area contributed by atoms with Gasteiger partial charge in [-0.3, -0.25) is 0 Å². The minimum Gasteiger partial charge on any atom is -0.462 e.